The minimum atomic E-state index is -0.746. The third-order valence-corrected chi connectivity index (χ3v) is 2.18. The van der Waals surface area contributed by atoms with Crippen molar-refractivity contribution in [2.75, 3.05) is 6.54 Å². The van der Waals surface area contributed by atoms with Crippen LogP contribution in [0.4, 0.5) is 0 Å². The van der Waals surface area contributed by atoms with Crippen molar-refractivity contribution >= 4 is 0 Å². The highest BCUT2D eigenvalue weighted by molar-refractivity contribution is 5.35. The molecule has 0 aliphatic carbocycles. The lowest BCUT2D eigenvalue weighted by Gasteiger charge is -2.10. The molecule has 1 aromatic rings. The van der Waals surface area contributed by atoms with E-state index in [1.54, 1.807) is 11.6 Å². The molecule has 0 bridgehead atoms. The van der Waals surface area contributed by atoms with Gasteiger partial charge in [-0.1, -0.05) is 0 Å². The number of nitrogens with zero attached hydrogens (tertiary/aromatic N) is 3. The maximum Gasteiger partial charge on any atom is 0.165 e. The van der Waals surface area contributed by atoms with Gasteiger partial charge < -0.3 is 10.8 Å². The first-order valence-electron chi connectivity index (χ1n) is 4.51. The molecule has 0 saturated heterocycles. The van der Waals surface area contributed by atoms with Gasteiger partial charge in [-0.25, -0.2) is 0 Å². The Morgan fingerprint density at radius 3 is 2.79 bits per heavy atom. The molecule has 5 heteroatoms. The molecular formula is C9H14N4O. The molecule has 0 aliphatic rings. The molecule has 1 rings (SSSR count). The molecule has 0 radical (unpaired) electrons. The average molecular weight is 194 g/mol. The molecule has 76 valence electrons. The Bertz CT molecular complexity index is 364. The Morgan fingerprint density at radius 1 is 1.71 bits per heavy atom. The van der Waals surface area contributed by atoms with Crippen molar-refractivity contribution in [3.05, 3.63) is 17.0 Å². The minimum absolute atomic E-state index is 0.136. The Hall–Kier alpha value is -1.38. The van der Waals surface area contributed by atoms with Crippen LogP contribution in [0.3, 0.4) is 0 Å². The van der Waals surface area contributed by atoms with Gasteiger partial charge in [0.15, 0.2) is 5.69 Å². The normalized spacial score (nSPS) is 12.5. The van der Waals surface area contributed by atoms with Gasteiger partial charge in [0, 0.05) is 18.7 Å². The highest BCUT2D eigenvalue weighted by Gasteiger charge is 2.18. The smallest absolute Gasteiger partial charge is 0.165 e. The highest BCUT2D eigenvalue weighted by atomic mass is 16.3. The van der Waals surface area contributed by atoms with Crippen molar-refractivity contribution in [1.29, 1.82) is 5.26 Å². The van der Waals surface area contributed by atoms with Crippen molar-refractivity contribution in [3.63, 3.8) is 0 Å². The number of aryl methyl sites for hydroxylation is 1. The quantitative estimate of drug-likeness (QED) is 0.713. The van der Waals surface area contributed by atoms with Crippen molar-refractivity contribution < 1.29 is 5.11 Å². The standard InChI is InChI=1S/C9H14N4O/c1-3-13-9(8(14)5-11)6(2)7(4-10)12-13/h8,14H,3,5,11H2,1-2H3. The zero-order valence-electron chi connectivity index (χ0n) is 8.36. The molecule has 1 atom stereocenters. The largest absolute Gasteiger partial charge is 0.385 e. The summed E-state index contributed by atoms with van der Waals surface area (Å²) in [6.45, 7) is 4.43. The molecule has 3 N–H and O–H groups in total. The fourth-order valence-corrected chi connectivity index (χ4v) is 1.45. The molecule has 0 aliphatic heterocycles. The number of nitrogens with two attached hydrogens (primary N) is 1. The maximum absolute atomic E-state index is 9.64. The van der Waals surface area contributed by atoms with Crippen LogP contribution in [0.1, 0.15) is 30.0 Å². The third-order valence-electron chi connectivity index (χ3n) is 2.18. The summed E-state index contributed by atoms with van der Waals surface area (Å²) in [4.78, 5) is 0. The van der Waals surface area contributed by atoms with Crippen LogP contribution in [0.25, 0.3) is 0 Å². The van der Waals surface area contributed by atoms with Crippen LogP contribution in [0.2, 0.25) is 0 Å². The van der Waals surface area contributed by atoms with Crippen LogP contribution in [-0.2, 0) is 6.54 Å². The molecule has 0 aromatic carbocycles. The van der Waals surface area contributed by atoms with Gasteiger partial charge in [-0.3, -0.25) is 4.68 Å². The number of aliphatic hydroxyl groups is 1. The molecule has 1 unspecified atom stereocenters. The van der Waals surface area contributed by atoms with Gasteiger partial charge >= 0.3 is 0 Å². The number of rotatable bonds is 3. The third kappa shape index (κ3) is 1.62. The summed E-state index contributed by atoms with van der Waals surface area (Å²) in [6.07, 6.45) is -0.746. The monoisotopic (exact) mass is 194 g/mol. The van der Waals surface area contributed by atoms with Gasteiger partial charge in [-0.05, 0) is 13.8 Å². The first-order chi connectivity index (χ1) is 6.65. The second kappa shape index (κ2) is 4.22. The predicted octanol–water partition coefficient (Wildman–Crippen LogP) is 0.0752. The Kier molecular flexibility index (Phi) is 3.23. The van der Waals surface area contributed by atoms with E-state index in [-0.39, 0.29) is 6.54 Å². The van der Waals surface area contributed by atoms with Crippen molar-refractivity contribution in [2.45, 2.75) is 26.5 Å². The van der Waals surface area contributed by atoms with E-state index in [1.807, 2.05) is 13.0 Å². The van der Waals surface area contributed by atoms with E-state index in [0.29, 0.717) is 23.5 Å². The molecule has 0 fully saturated rings. The minimum Gasteiger partial charge on any atom is -0.385 e. The first kappa shape index (κ1) is 10.7. The fourth-order valence-electron chi connectivity index (χ4n) is 1.45. The summed E-state index contributed by atoms with van der Waals surface area (Å²) in [7, 11) is 0. The number of nitriles is 1. The van der Waals surface area contributed by atoms with Crippen LogP contribution in [0, 0.1) is 18.3 Å². The Balaban J connectivity index is 3.26. The van der Waals surface area contributed by atoms with Crippen LogP contribution < -0.4 is 5.73 Å². The van der Waals surface area contributed by atoms with Gasteiger partial charge in [0.25, 0.3) is 0 Å². The van der Waals surface area contributed by atoms with E-state index in [4.69, 9.17) is 11.0 Å². The molecule has 1 aromatic heterocycles. The van der Waals surface area contributed by atoms with Gasteiger partial charge in [-0.15, -0.1) is 0 Å². The van der Waals surface area contributed by atoms with Crippen molar-refractivity contribution in [1.82, 2.24) is 9.78 Å². The molecule has 5 nitrogen and oxygen atoms in total. The molecule has 1 heterocycles. The predicted molar refractivity (Wildman–Crippen MR) is 51.4 cm³/mol. The lowest BCUT2D eigenvalue weighted by atomic mass is 10.1. The van der Waals surface area contributed by atoms with Crippen molar-refractivity contribution in [3.8, 4) is 6.07 Å². The lowest BCUT2D eigenvalue weighted by Crippen LogP contribution is -2.17. The molecule has 0 spiro atoms. The number of hydrogen-bond acceptors (Lipinski definition) is 4. The Labute approximate surface area is 82.8 Å². The van der Waals surface area contributed by atoms with Gasteiger partial charge in [-0.2, -0.15) is 10.4 Å². The maximum atomic E-state index is 9.64. The van der Waals surface area contributed by atoms with Crippen LogP contribution in [-0.4, -0.2) is 21.4 Å². The first-order valence-corrected chi connectivity index (χ1v) is 4.51. The van der Waals surface area contributed by atoms with Gasteiger partial charge in [0.2, 0.25) is 0 Å². The summed E-state index contributed by atoms with van der Waals surface area (Å²) in [5.41, 5.74) is 7.09. The zero-order chi connectivity index (χ0) is 10.7. The average Bonchev–Trinajstić information content (AvgIpc) is 2.53. The van der Waals surface area contributed by atoms with Crippen LogP contribution in [0.15, 0.2) is 0 Å². The van der Waals surface area contributed by atoms with E-state index in [9.17, 15) is 5.11 Å². The molecule has 0 amide bonds. The fraction of sp³-hybridized carbons (Fsp3) is 0.556. The summed E-state index contributed by atoms with van der Waals surface area (Å²) in [5, 5.41) is 22.5. The van der Waals surface area contributed by atoms with Gasteiger partial charge in [0.1, 0.15) is 12.2 Å². The van der Waals surface area contributed by atoms with E-state index in [2.05, 4.69) is 5.10 Å². The topological polar surface area (TPSA) is 87.9 Å². The molecule has 14 heavy (non-hydrogen) atoms. The summed E-state index contributed by atoms with van der Waals surface area (Å²) >= 11 is 0. The molecular weight excluding hydrogens is 180 g/mol. The van der Waals surface area contributed by atoms with E-state index in [0.717, 1.165) is 0 Å². The second-order valence-corrected chi connectivity index (χ2v) is 3.04. The lowest BCUT2D eigenvalue weighted by molar-refractivity contribution is 0.174. The number of hydrogen-bond donors (Lipinski definition) is 2. The summed E-state index contributed by atoms with van der Waals surface area (Å²) < 4.78 is 1.62. The number of aliphatic hydroxyl groups excluding tert-OH is 1. The molecule has 0 saturated carbocycles. The van der Waals surface area contributed by atoms with Crippen molar-refractivity contribution in [2.24, 2.45) is 5.73 Å². The van der Waals surface area contributed by atoms with Crippen LogP contribution >= 0.6 is 0 Å². The van der Waals surface area contributed by atoms with E-state index in [1.165, 1.54) is 0 Å². The number of aromatic nitrogens is 2. The van der Waals surface area contributed by atoms with E-state index >= 15 is 0 Å². The highest BCUT2D eigenvalue weighted by Crippen LogP contribution is 2.19. The zero-order valence-corrected chi connectivity index (χ0v) is 8.36. The SMILES string of the molecule is CCn1nc(C#N)c(C)c1C(O)CN. The summed E-state index contributed by atoms with van der Waals surface area (Å²) in [6, 6.07) is 1.99. The Morgan fingerprint density at radius 2 is 2.36 bits per heavy atom. The van der Waals surface area contributed by atoms with E-state index < -0.39 is 6.10 Å². The second-order valence-electron chi connectivity index (χ2n) is 3.04. The van der Waals surface area contributed by atoms with Gasteiger partial charge in [0.05, 0.1) is 5.69 Å². The summed E-state index contributed by atoms with van der Waals surface area (Å²) in [5.74, 6) is 0. The van der Waals surface area contributed by atoms with Crippen LogP contribution in [0.5, 0.6) is 0 Å².